The van der Waals surface area contributed by atoms with Gasteiger partial charge < -0.3 is 9.80 Å². The van der Waals surface area contributed by atoms with E-state index >= 15 is 0 Å². The Kier molecular flexibility index (Phi) is 5.16. The van der Waals surface area contributed by atoms with Crippen LogP contribution in [0.15, 0.2) is 30.6 Å². The van der Waals surface area contributed by atoms with Crippen molar-refractivity contribution in [2.75, 3.05) is 49.1 Å². The summed E-state index contributed by atoms with van der Waals surface area (Å²) in [5.74, 6) is 1.06. The molecule has 0 N–H and O–H groups in total. The highest BCUT2D eigenvalue weighted by Crippen LogP contribution is 2.37. The van der Waals surface area contributed by atoms with E-state index in [0.717, 1.165) is 77.9 Å². The molecule has 0 saturated carbocycles. The summed E-state index contributed by atoms with van der Waals surface area (Å²) < 4.78 is 0. The molecule has 2 aromatic heterocycles. The average molecular weight is 422 g/mol. The van der Waals surface area contributed by atoms with Gasteiger partial charge in [0.1, 0.15) is 17.0 Å². The number of piperazine rings is 1. The van der Waals surface area contributed by atoms with Crippen LogP contribution in [-0.2, 0) is 6.42 Å². The maximum atomic E-state index is 13.5. The molecule has 0 spiro atoms. The van der Waals surface area contributed by atoms with E-state index in [-0.39, 0.29) is 5.91 Å². The van der Waals surface area contributed by atoms with Crippen LogP contribution in [0.3, 0.4) is 0 Å². The molecular formula is C23H27N5OS. The Hall–Kier alpha value is -2.51. The molecule has 1 aromatic carbocycles. The Morgan fingerprint density at radius 1 is 1.10 bits per heavy atom. The van der Waals surface area contributed by atoms with Gasteiger partial charge in [0.05, 0.1) is 10.3 Å². The van der Waals surface area contributed by atoms with Crippen LogP contribution in [0.1, 0.15) is 34.1 Å². The number of hydrogen-bond acceptors (Lipinski definition) is 6. The molecule has 30 heavy (non-hydrogen) atoms. The van der Waals surface area contributed by atoms with Gasteiger partial charge in [0.15, 0.2) is 0 Å². The van der Waals surface area contributed by atoms with Crippen LogP contribution in [0, 0.1) is 6.92 Å². The van der Waals surface area contributed by atoms with Crippen LogP contribution < -0.4 is 9.80 Å². The van der Waals surface area contributed by atoms with Gasteiger partial charge in [0.2, 0.25) is 0 Å². The van der Waals surface area contributed by atoms with Crippen molar-refractivity contribution in [2.45, 2.75) is 26.7 Å². The standard InChI is InChI=1S/C23H27N5OS/c1-3-9-26-11-13-27(14-12-26)21-19-16(2)20(30-22(19)25-15-24-21)23(29)28-10-8-17-6-4-5-7-18(17)28/h4-7,15H,3,8-14H2,1-2H3. The third-order valence-corrected chi connectivity index (χ3v) is 7.43. The summed E-state index contributed by atoms with van der Waals surface area (Å²) in [6.45, 7) is 10.2. The monoisotopic (exact) mass is 421 g/mol. The van der Waals surface area contributed by atoms with Gasteiger partial charge in [-0.15, -0.1) is 11.3 Å². The largest absolute Gasteiger partial charge is 0.353 e. The number of carbonyl (C=O) groups excluding carboxylic acids is 1. The highest BCUT2D eigenvalue weighted by molar-refractivity contribution is 7.20. The van der Waals surface area contributed by atoms with Gasteiger partial charge in [-0.2, -0.15) is 0 Å². The van der Waals surface area contributed by atoms with Gasteiger partial charge in [0, 0.05) is 38.4 Å². The summed E-state index contributed by atoms with van der Waals surface area (Å²) in [5.41, 5.74) is 3.30. The Morgan fingerprint density at radius 2 is 1.90 bits per heavy atom. The molecule has 1 fully saturated rings. The molecule has 1 amide bonds. The quantitative estimate of drug-likeness (QED) is 0.642. The molecule has 0 atom stereocenters. The molecule has 2 aliphatic rings. The number of aryl methyl sites for hydroxylation is 1. The summed E-state index contributed by atoms with van der Waals surface area (Å²) in [7, 11) is 0. The molecule has 2 aliphatic heterocycles. The molecule has 156 valence electrons. The Balaban J connectivity index is 1.47. The van der Waals surface area contributed by atoms with E-state index in [1.807, 2.05) is 30.0 Å². The van der Waals surface area contributed by atoms with Crippen LogP contribution in [0.25, 0.3) is 10.2 Å². The third-order valence-electron chi connectivity index (χ3n) is 6.25. The summed E-state index contributed by atoms with van der Waals surface area (Å²) in [6.07, 6.45) is 3.75. The van der Waals surface area contributed by atoms with E-state index in [9.17, 15) is 4.79 Å². The fourth-order valence-electron chi connectivity index (χ4n) is 4.67. The van der Waals surface area contributed by atoms with Crippen LogP contribution in [-0.4, -0.2) is 60.0 Å². The number of fused-ring (bicyclic) bond motifs is 2. The van der Waals surface area contributed by atoms with Gasteiger partial charge >= 0.3 is 0 Å². The number of anilines is 2. The molecule has 1 saturated heterocycles. The predicted octanol–water partition coefficient (Wildman–Crippen LogP) is 3.73. The minimum absolute atomic E-state index is 0.0826. The highest BCUT2D eigenvalue weighted by atomic mass is 32.1. The Labute approximate surface area is 181 Å². The SMILES string of the molecule is CCCN1CCN(c2ncnc3sc(C(=O)N4CCc5ccccc54)c(C)c23)CC1. The second kappa shape index (κ2) is 7.96. The number of para-hydroxylation sites is 1. The molecule has 0 aliphatic carbocycles. The van der Waals surface area contributed by atoms with E-state index in [4.69, 9.17) is 0 Å². The van der Waals surface area contributed by atoms with Crippen molar-refractivity contribution in [2.24, 2.45) is 0 Å². The average Bonchev–Trinajstić information content (AvgIpc) is 3.36. The van der Waals surface area contributed by atoms with Crippen molar-refractivity contribution in [3.63, 3.8) is 0 Å². The summed E-state index contributed by atoms with van der Waals surface area (Å²) in [4.78, 5) is 31.1. The van der Waals surface area contributed by atoms with Crippen molar-refractivity contribution in [1.29, 1.82) is 0 Å². The minimum Gasteiger partial charge on any atom is -0.353 e. The lowest BCUT2D eigenvalue weighted by atomic mass is 10.1. The van der Waals surface area contributed by atoms with Crippen LogP contribution in [0.5, 0.6) is 0 Å². The molecule has 0 bridgehead atoms. The number of nitrogens with zero attached hydrogens (tertiary/aromatic N) is 5. The van der Waals surface area contributed by atoms with E-state index in [2.05, 4.69) is 32.8 Å². The maximum absolute atomic E-state index is 13.5. The van der Waals surface area contributed by atoms with Gasteiger partial charge in [-0.1, -0.05) is 25.1 Å². The summed E-state index contributed by atoms with van der Waals surface area (Å²) in [5, 5.41) is 1.04. The normalized spacial score (nSPS) is 17.0. The maximum Gasteiger partial charge on any atom is 0.268 e. The first-order valence-corrected chi connectivity index (χ1v) is 11.6. The van der Waals surface area contributed by atoms with Crippen LogP contribution in [0.2, 0.25) is 0 Å². The first-order chi connectivity index (χ1) is 14.7. The molecular weight excluding hydrogens is 394 g/mol. The first-order valence-electron chi connectivity index (χ1n) is 10.8. The lowest BCUT2D eigenvalue weighted by molar-refractivity contribution is 0.0993. The number of carbonyl (C=O) groups is 1. The number of benzene rings is 1. The smallest absolute Gasteiger partial charge is 0.268 e. The number of thiophene rings is 1. The van der Waals surface area contributed by atoms with Crippen molar-refractivity contribution in [3.05, 3.63) is 46.6 Å². The van der Waals surface area contributed by atoms with Crippen molar-refractivity contribution >= 4 is 39.0 Å². The topological polar surface area (TPSA) is 52.6 Å². The van der Waals surface area contributed by atoms with Gasteiger partial charge in [-0.3, -0.25) is 9.69 Å². The Bertz CT molecular complexity index is 1090. The van der Waals surface area contributed by atoms with Crippen molar-refractivity contribution in [1.82, 2.24) is 14.9 Å². The van der Waals surface area contributed by atoms with Gasteiger partial charge in [0.25, 0.3) is 5.91 Å². The number of rotatable bonds is 4. The molecule has 4 heterocycles. The molecule has 5 rings (SSSR count). The third kappa shape index (κ3) is 3.26. The summed E-state index contributed by atoms with van der Waals surface area (Å²) in [6, 6.07) is 8.20. The lowest BCUT2D eigenvalue weighted by Crippen LogP contribution is -2.46. The van der Waals surface area contributed by atoms with E-state index in [1.54, 1.807) is 6.33 Å². The molecule has 6 nitrogen and oxygen atoms in total. The minimum atomic E-state index is 0.0826. The predicted molar refractivity (Wildman–Crippen MR) is 123 cm³/mol. The zero-order valence-electron chi connectivity index (χ0n) is 17.6. The second-order valence-electron chi connectivity index (χ2n) is 8.10. The molecule has 3 aromatic rings. The summed E-state index contributed by atoms with van der Waals surface area (Å²) >= 11 is 1.50. The number of amides is 1. The van der Waals surface area contributed by atoms with Crippen molar-refractivity contribution < 1.29 is 4.79 Å². The van der Waals surface area contributed by atoms with Crippen LogP contribution >= 0.6 is 11.3 Å². The second-order valence-corrected chi connectivity index (χ2v) is 9.10. The molecule has 7 heteroatoms. The fraction of sp³-hybridized carbons (Fsp3) is 0.435. The molecule has 0 radical (unpaired) electrons. The zero-order chi connectivity index (χ0) is 20.7. The van der Waals surface area contributed by atoms with Crippen LogP contribution in [0.4, 0.5) is 11.5 Å². The number of aromatic nitrogens is 2. The lowest BCUT2D eigenvalue weighted by Gasteiger charge is -2.35. The van der Waals surface area contributed by atoms with E-state index < -0.39 is 0 Å². The zero-order valence-corrected chi connectivity index (χ0v) is 18.4. The van der Waals surface area contributed by atoms with Gasteiger partial charge in [-0.05, 0) is 43.5 Å². The highest BCUT2D eigenvalue weighted by Gasteiger charge is 2.30. The van der Waals surface area contributed by atoms with Gasteiger partial charge in [-0.25, -0.2) is 9.97 Å². The Morgan fingerprint density at radius 3 is 2.70 bits per heavy atom. The van der Waals surface area contributed by atoms with E-state index in [1.165, 1.54) is 23.3 Å². The van der Waals surface area contributed by atoms with Crippen molar-refractivity contribution in [3.8, 4) is 0 Å². The first kappa shape index (κ1) is 19.5. The fourth-order valence-corrected chi connectivity index (χ4v) is 5.76. The number of hydrogen-bond donors (Lipinski definition) is 0. The molecule has 0 unspecified atom stereocenters. The van der Waals surface area contributed by atoms with E-state index in [0.29, 0.717) is 0 Å².